The summed E-state index contributed by atoms with van der Waals surface area (Å²) in [5.41, 5.74) is 5.91. The molecular formula is C20H18N2O. The average Bonchev–Trinajstić information content (AvgIpc) is 2.97. The van der Waals surface area contributed by atoms with Gasteiger partial charge in [-0.3, -0.25) is 4.79 Å². The maximum Gasteiger partial charge on any atom is 0.166 e. The summed E-state index contributed by atoms with van der Waals surface area (Å²) in [6.07, 6.45) is 2.39. The number of nitrogens with zero attached hydrogens (tertiary/aromatic N) is 2. The van der Waals surface area contributed by atoms with Crippen LogP contribution in [0, 0.1) is 6.92 Å². The molecule has 1 heterocycles. The molecule has 0 aliphatic heterocycles. The lowest BCUT2D eigenvalue weighted by Gasteiger charge is -2.12. The fourth-order valence-electron chi connectivity index (χ4n) is 3.21. The summed E-state index contributed by atoms with van der Waals surface area (Å²) < 4.78 is 1.93. The van der Waals surface area contributed by atoms with E-state index >= 15 is 0 Å². The zero-order valence-electron chi connectivity index (χ0n) is 13.1. The Morgan fingerprint density at radius 2 is 1.70 bits per heavy atom. The van der Waals surface area contributed by atoms with E-state index in [2.05, 4.69) is 31.2 Å². The van der Waals surface area contributed by atoms with Gasteiger partial charge in [0.15, 0.2) is 5.78 Å². The van der Waals surface area contributed by atoms with Crippen molar-refractivity contribution < 1.29 is 4.79 Å². The zero-order valence-corrected chi connectivity index (χ0v) is 13.1. The van der Waals surface area contributed by atoms with Gasteiger partial charge in [0.25, 0.3) is 0 Å². The van der Waals surface area contributed by atoms with Gasteiger partial charge in [-0.1, -0.05) is 48.0 Å². The number of aryl methyl sites for hydroxylation is 2. The molecule has 0 saturated carbocycles. The number of aromatic nitrogens is 2. The molecule has 1 aliphatic carbocycles. The Hall–Kier alpha value is -2.68. The van der Waals surface area contributed by atoms with Gasteiger partial charge in [0, 0.05) is 12.0 Å². The molecule has 3 heteroatoms. The number of carbonyl (C=O) groups is 1. The van der Waals surface area contributed by atoms with Crippen molar-refractivity contribution in [3.63, 3.8) is 0 Å². The highest BCUT2D eigenvalue weighted by atomic mass is 16.1. The zero-order chi connectivity index (χ0) is 15.8. The minimum absolute atomic E-state index is 0.212. The van der Waals surface area contributed by atoms with Gasteiger partial charge in [-0.25, -0.2) is 4.68 Å². The van der Waals surface area contributed by atoms with Crippen LogP contribution >= 0.6 is 0 Å². The molecule has 0 radical (unpaired) electrons. The summed E-state index contributed by atoms with van der Waals surface area (Å²) in [5.74, 6) is 0.212. The van der Waals surface area contributed by atoms with Crippen molar-refractivity contribution in [2.75, 3.05) is 0 Å². The van der Waals surface area contributed by atoms with Gasteiger partial charge in [0.05, 0.1) is 22.6 Å². The normalized spacial score (nSPS) is 13.9. The van der Waals surface area contributed by atoms with E-state index in [9.17, 15) is 4.79 Å². The van der Waals surface area contributed by atoms with Crippen molar-refractivity contribution in [2.45, 2.75) is 26.2 Å². The summed E-state index contributed by atoms with van der Waals surface area (Å²) in [5, 5.41) is 4.77. The fraction of sp³-hybridized carbons (Fsp3) is 0.200. The average molecular weight is 302 g/mol. The summed E-state index contributed by atoms with van der Waals surface area (Å²) in [7, 11) is 0. The first-order chi connectivity index (χ1) is 11.2. The molecule has 0 saturated heterocycles. The van der Waals surface area contributed by atoms with Crippen LogP contribution < -0.4 is 0 Å². The molecule has 0 atom stereocenters. The molecule has 3 nitrogen and oxygen atoms in total. The number of fused-ring (bicyclic) bond motifs is 1. The molecule has 23 heavy (non-hydrogen) atoms. The minimum Gasteiger partial charge on any atom is -0.294 e. The first kappa shape index (κ1) is 13.9. The molecule has 1 aromatic heterocycles. The second-order valence-electron chi connectivity index (χ2n) is 6.06. The molecule has 0 N–H and O–H groups in total. The lowest BCUT2D eigenvalue weighted by molar-refractivity contribution is 0.0973. The maximum atomic E-state index is 12.5. The minimum atomic E-state index is 0.212. The molecule has 114 valence electrons. The quantitative estimate of drug-likeness (QED) is 0.704. The van der Waals surface area contributed by atoms with E-state index in [1.807, 2.05) is 35.0 Å². The predicted octanol–water partition coefficient (Wildman–Crippen LogP) is 4.37. The number of Topliss-reactive ketones (excluding diaryl/α,β-unsaturated/α-hetero) is 1. The highest BCUT2D eigenvalue weighted by Gasteiger charge is 2.27. The molecule has 0 bridgehead atoms. The molecule has 3 aromatic rings. The highest BCUT2D eigenvalue weighted by Crippen LogP contribution is 2.33. The van der Waals surface area contributed by atoms with Crippen molar-refractivity contribution >= 4 is 5.78 Å². The van der Waals surface area contributed by atoms with Crippen LogP contribution in [-0.4, -0.2) is 15.6 Å². The number of carbonyl (C=O) groups excluding carboxylic acids is 1. The van der Waals surface area contributed by atoms with Crippen LogP contribution in [0.4, 0.5) is 0 Å². The molecule has 0 unspecified atom stereocenters. The third kappa shape index (κ3) is 2.38. The molecule has 0 spiro atoms. The van der Waals surface area contributed by atoms with E-state index in [4.69, 9.17) is 5.10 Å². The van der Waals surface area contributed by atoms with Crippen LogP contribution in [-0.2, 0) is 6.42 Å². The number of ketones is 1. The van der Waals surface area contributed by atoms with Crippen molar-refractivity contribution in [3.05, 3.63) is 71.4 Å². The highest BCUT2D eigenvalue weighted by molar-refractivity contribution is 6.03. The van der Waals surface area contributed by atoms with Gasteiger partial charge in [0.2, 0.25) is 0 Å². The Kier molecular flexibility index (Phi) is 3.34. The van der Waals surface area contributed by atoms with Crippen LogP contribution in [0.3, 0.4) is 0 Å². The van der Waals surface area contributed by atoms with E-state index in [1.165, 1.54) is 5.56 Å². The van der Waals surface area contributed by atoms with E-state index in [1.54, 1.807) is 0 Å². The van der Waals surface area contributed by atoms with Gasteiger partial charge >= 0.3 is 0 Å². The Labute approximate surface area is 135 Å². The van der Waals surface area contributed by atoms with E-state index in [0.717, 1.165) is 41.0 Å². The Morgan fingerprint density at radius 1 is 0.957 bits per heavy atom. The second-order valence-corrected chi connectivity index (χ2v) is 6.06. The van der Waals surface area contributed by atoms with Crippen LogP contribution in [0.1, 0.15) is 34.5 Å². The van der Waals surface area contributed by atoms with Gasteiger partial charge in [-0.15, -0.1) is 0 Å². The van der Waals surface area contributed by atoms with E-state index < -0.39 is 0 Å². The van der Waals surface area contributed by atoms with Crippen LogP contribution in [0.25, 0.3) is 16.9 Å². The standard InChI is InChI=1S/C20H18N2O/c1-14-10-12-15(13-11-14)20-19-17(8-5-9-18(19)23)21-22(20)16-6-3-2-4-7-16/h2-4,6-7,10-13H,5,8-9H2,1H3. The molecule has 0 amide bonds. The smallest absolute Gasteiger partial charge is 0.166 e. The first-order valence-corrected chi connectivity index (χ1v) is 8.01. The predicted molar refractivity (Wildman–Crippen MR) is 91.0 cm³/mol. The van der Waals surface area contributed by atoms with Crippen molar-refractivity contribution in [1.82, 2.24) is 9.78 Å². The Bertz CT molecular complexity index is 861. The lowest BCUT2D eigenvalue weighted by Crippen LogP contribution is -2.10. The number of hydrogen-bond acceptors (Lipinski definition) is 2. The van der Waals surface area contributed by atoms with E-state index in [-0.39, 0.29) is 5.78 Å². The van der Waals surface area contributed by atoms with Crippen LogP contribution in [0.15, 0.2) is 54.6 Å². The molecule has 2 aromatic carbocycles. The maximum absolute atomic E-state index is 12.5. The largest absolute Gasteiger partial charge is 0.294 e. The second kappa shape index (κ2) is 5.51. The third-order valence-corrected chi connectivity index (χ3v) is 4.38. The Morgan fingerprint density at radius 3 is 2.43 bits per heavy atom. The van der Waals surface area contributed by atoms with Gasteiger partial charge in [-0.2, -0.15) is 5.10 Å². The summed E-state index contributed by atoms with van der Waals surface area (Å²) >= 11 is 0. The molecule has 1 aliphatic rings. The molecule has 4 rings (SSSR count). The van der Waals surface area contributed by atoms with Gasteiger partial charge < -0.3 is 0 Å². The first-order valence-electron chi connectivity index (χ1n) is 8.01. The summed E-state index contributed by atoms with van der Waals surface area (Å²) in [6.45, 7) is 2.07. The van der Waals surface area contributed by atoms with Crippen molar-refractivity contribution in [1.29, 1.82) is 0 Å². The topological polar surface area (TPSA) is 34.9 Å². The monoisotopic (exact) mass is 302 g/mol. The van der Waals surface area contributed by atoms with Gasteiger partial charge in [-0.05, 0) is 31.9 Å². The van der Waals surface area contributed by atoms with Crippen LogP contribution in [0.2, 0.25) is 0 Å². The molecule has 0 fully saturated rings. The van der Waals surface area contributed by atoms with Crippen LogP contribution in [0.5, 0.6) is 0 Å². The van der Waals surface area contributed by atoms with Crippen molar-refractivity contribution in [3.8, 4) is 16.9 Å². The van der Waals surface area contributed by atoms with E-state index in [0.29, 0.717) is 6.42 Å². The number of hydrogen-bond donors (Lipinski definition) is 0. The summed E-state index contributed by atoms with van der Waals surface area (Å²) in [6, 6.07) is 18.4. The number of para-hydroxylation sites is 1. The van der Waals surface area contributed by atoms with Gasteiger partial charge in [0.1, 0.15) is 0 Å². The number of benzene rings is 2. The fourth-order valence-corrected chi connectivity index (χ4v) is 3.21. The van der Waals surface area contributed by atoms with Crippen molar-refractivity contribution in [2.24, 2.45) is 0 Å². The Balaban J connectivity index is 1.99. The lowest BCUT2D eigenvalue weighted by atomic mass is 9.92. The summed E-state index contributed by atoms with van der Waals surface area (Å²) in [4.78, 5) is 12.5. The SMILES string of the molecule is Cc1ccc(-c2c3c(nn2-c2ccccc2)CCCC3=O)cc1. The number of rotatable bonds is 2. The molecular weight excluding hydrogens is 284 g/mol. The third-order valence-electron chi connectivity index (χ3n) is 4.38.